The Kier molecular flexibility index (Phi) is 2.95. The summed E-state index contributed by atoms with van der Waals surface area (Å²) in [7, 11) is 1.48. The summed E-state index contributed by atoms with van der Waals surface area (Å²) in [5.41, 5.74) is -0.0941. The van der Waals surface area contributed by atoms with E-state index in [0.717, 1.165) is 4.68 Å². The molecule has 0 aliphatic rings. The van der Waals surface area contributed by atoms with Crippen LogP contribution >= 0.6 is 0 Å². The highest BCUT2D eigenvalue weighted by atomic mass is 16.2. The zero-order chi connectivity index (χ0) is 12.3. The Morgan fingerprint density at radius 1 is 1.53 bits per heavy atom. The van der Waals surface area contributed by atoms with Gasteiger partial charge in [0.05, 0.1) is 6.54 Å². The maximum atomic E-state index is 11.7. The number of aryl methyl sites for hydroxylation is 1. The van der Waals surface area contributed by atoms with E-state index in [1.54, 1.807) is 0 Å². The van der Waals surface area contributed by atoms with Crippen molar-refractivity contribution in [3.05, 3.63) is 40.3 Å². The third-order valence-electron chi connectivity index (χ3n) is 2.07. The van der Waals surface area contributed by atoms with Crippen molar-refractivity contribution < 1.29 is 4.79 Å². The number of carbonyl (C=O) groups is 1. The Bertz CT molecular complexity index is 573. The van der Waals surface area contributed by atoms with Gasteiger partial charge in [0.15, 0.2) is 0 Å². The van der Waals surface area contributed by atoms with Crippen LogP contribution in [0, 0.1) is 0 Å². The molecule has 2 N–H and O–H groups in total. The Labute approximate surface area is 95.7 Å². The minimum atomic E-state index is -0.378. The largest absolute Gasteiger partial charge is 0.343 e. The first-order valence-corrected chi connectivity index (χ1v) is 4.83. The number of H-pyrrole nitrogens is 1. The van der Waals surface area contributed by atoms with Crippen molar-refractivity contribution in [3.8, 4) is 0 Å². The predicted molar refractivity (Wildman–Crippen MR) is 57.0 cm³/mol. The summed E-state index contributed by atoms with van der Waals surface area (Å²) < 4.78 is 1.10. The van der Waals surface area contributed by atoms with Crippen LogP contribution in [0.25, 0.3) is 0 Å². The molecule has 0 fully saturated rings. The Morgan fingerprint density at radius 3 is 3.00 bits per heavy atom. The van der Waals surface area contributed by atoms with E-state index in [1.165, 1.54) is 25.5 Å². The molecule has 2 heterocycles. The van der Waals surface area contributed by atoms with Crippen LogP contribution in [0.1, 0.15) is 16.3 Å². The predicted octanol–water partition coefficient (Wildman–Crippen LogP) is -1.17. The molecule has 8 heteroatoms. The molecule has 2 rings (SSSR count). The number of aromatic amines is 1. The van der Waals surface area contributed by atoms with E-state index in [2.05, 4.69) is 25.6 Å². The first-order valence-electron chi connectivity index (χ1n) is 4.83. The fourth-order valence-corrected chi connectivity index (χ4v) is 1.19. The highest BCUT2D eigenvalue weighted by Gasteiger charge is 2.08. The van der Waals surface area contributed by atoms with Crippen LogP contribution in [0.3, 0.4) is 0 Å². The standard InChI is InChI=1S/C9H10N6O2/c1-15-8(16)3-2-6(14-15)9(17)10-4-7-11-5-12-13-7/h2-3,5H,4H2,1H3,(H,10,17)(H,11,12,13). The van der Waals surface area contributed by atoms with E-state index >= 15 is 0 Å². The molecule has 17 heavy (non-hydrogen) atoms. The molecule has 88 valence electrons. The van der Waals surface area contributed by atoms with E-state index in [1.807, 2.05) is 0 Å². The normalized spacial score (nSPS) is 10.2. The second-order valence-electron chi connectivity index (χ2n) is 3.30. The second kappa shape index (κ2) is 4.56. The molecule has 0 saturated heterocycles. The topological polar surface area (TPSA) is 106 Å². The molecule has 0 aliphatic heterocycles. The highest BCUT2D eigenvalue weighted by molar-refractivity contribution is 5.91. The van der Waals surface area contributed by atoms with Crippen molar-refractivity contribution in [1.82, 2.24) is 30.3 Å². The van der Waals surface area contributed by atoms with Crippen molar-refractivity contribution in [1.29, 1.82) is 0 Å². The van der Waals surface area contributed by atoms with Crippen molar-refractivity contribution in [2.75, 3.05) is 0 Å². The number of amides is 1. The third-order valence-corrected chi connectivity index (χ3v) is 2.07. The van der Waals surface area contributed by atoms with Gasteiger partial charge in [-0.15, -0.1) is 0 Å². The van der Waals surface area contributed by atoms with Crippen LogP contribution in [0.4, 0.5) is 0 Å². The first-order chi connectivity index (χ1) is 8.16. The maximum Gasteiger partial charge on any atom is 0.272 e. The lowest BCUT2D eigenvalue weighted by Gasteiger charge is -2.03. The van der Waals surface area contributed by atoms with Crippen LogP contribution in [0.5, 0.6) is 0 Å². The zero-order valence-electron chi connectivity index (χ0n) is 9.04. The van der Waals surface area contributed by atoms with E-state index in [9.17, 15) is 9.59 Å². The summed E-state index contributed by atoms with van der Waals surface area (Å²) in [5, 5.41) is 12.7. The van der Waals surface area contributed by atoms with E-state index in [0.29, 0.717) is 5.82 Å². The molecule has 0 saturated carbocycles. The van der Waals surface area contributed by atoms with Crippen LogP contribution in [0.15, 0.2) is 23.3 Å². The molecule has 0 unspecified atom stereocenters. The summed E-state index contributed by atoms with van der Waals surface area (Å²) >= 11 is 0. The molecule has 0 bridgehead atoms. The molecule has 0 radical (unpaired) electrons. The van der Waals surface area contributed by atoms with Gasteiger partial charge >= 0.3 is 0 Å². The van der Waals surface area contributed by atoms with Gasteiger partial charge in [-0.25, -0.2) is 9.67 Å². The van der Waals surface area contributed by atoms with Gasteiger partial charge in [-0.05, 0) is 6.07 Å². The van der Waals surface area contributed by atoms with Gasteiger partial charge in [0.1, 0.15) is 17.8 Å². The number of hydrogen-bond acceptors (Lipinski definition) is 5. The number of hydrogen-bond donors (Lipinski definition) is 2. The SMILES string of the molecule is Cn1nc(C(=O)NCc2ncn[nH]2)ccc1=O. The molecule has 0 aromatic carbocycles. The molecule has 2 aromatic rings. The average molecular weight is 234 g/mol. The van der Waals surface area contributed by atoms with E-state index in [4.69, 9.17) is 0 Å². The number of nitrogens with zero attached hydrogens (tertiary/aromatic N) is 4. The zero-order valence-corrected chi connectivity index (χ0v) is 9.04. The van der Waals surface area contributed by atoms with Crippen molar-refractivity contribution in [2.45, 2.75) is 6.54 Å². The lowest BCUT2D eigenvalue weighted by molar-refractivity contribution is 0.0942. The van der Waals surface area contributed by atoms with Crippen LogP contribution in [-0.2, 0) is 13.6 Å². The smallest absolute Gasteiger partial charge is 0.272 e. The van der Waals surface area contributed by atoms with Gasteiger partial charge in [-0.2, -0.15) is 10.2 Å². The molecule has 0 spiro atoms. The number of rotatable bonds is 3. The molecule has 2 aromatic heterocycles. The molecular formula is C9H10N6O2. The van der Waals surface area contributed by atoms with Gasteiger partial charge in [-0.1, -0.05) is 0 Å². The lowest BCUT2D eigenvalue weighted by atomic mass is 10.3. The van der Waals surface area contributed by atoms with Gasteiger partial charge < -0.3 is 5.32 Å². The van der Waals surface area contributed by atoms with Gasteiger partial charge in [0.2, 0.25) is 0 Å². The first kappa shape index (κ1) is 11.0. The van der Waals surface area contributed by atoms with Gasteiger partial charge in [-0.3, -0.25) is 14.7 Å². The molecular weight excluding hydrogens is 224 g/mol. The minimum absolute atomic E-state index is 0.173. The summed E-state index contributed by atoms with van der Waals surface area (Å²) in [6.45, 7) is 0.226. The molecule has 8 nitrogen and oxygen atoms in total. The van der Waals surface area contributed by atoms with E-state index in [-0.39, 0.29) is 23.7 Å². The Morgan fingerprint density at radius 2 is 2.35 bits per heavy atom. The molecule has 0 aliphatic carbocycles. The summed E-state index contributed by atoms with van der Waals surface area (Å²) in [5.74, 6) is 0.167. The third kappa shape index (κ3) is 2.54. The lowest BCUT2D eigenvalue weighted by Crippen LogP contribution is -2.28. The average Bonchev–Trinajstić information content (AvgIpc) is 2.82. The maximum absolute atomic E-state index is 11.7. The quantitative estimate of drug-likeness (QED) is 0.696. The van der Waals surface area contributed by atoms with Crippen LogP contribution in [0.2, 0.25) is 0 Å². The van der Waals surface area contributed by atoms with Crippen molar-refractivity contribution >= 4 is 5.91 Å². The molecule has 1 amide bonds. The number of nitrogens with one attached hydrogen (secondary N) is 2. The fraction of sp³-hybridized carbons (Fsp3) is 0.222. The second-order valence-corrected chi connectivity index (χ2v) is 3.30. The minimum Gasteiger partial charge on any atom is -0.343 e. The highest BCUT2D eigenvalue weighted by Crippen LogP contribution is 1.91. The van der Waals surface area contributed by atoms with Gasteiger partial charge in [0, 0.05) is 13.1 Å². The van der Waals surface area contributed by atoms with Gasteiger partial charge in [0.25, 0.3) is 11.5 Å². The van der Waals surface area contributed by atoms with Crippen LogP contribution < -0.4 is 10.9 Å². The van der Waals surface area contributed by atoms with Crippen LogP contribution in [-0.4, -0.2) is 30.9 Å². The summed E-state index contributed by atoms with van der Waals surface area (Å²) in [4.78, 5) is 26.6. The number of carbonyl (C=O) groups excluding carboxylic acids is 1. The number of aromatic nitrogens is 5. The van der Waals surface area contributed by atoms with Crippen molar-refractivity contribution in [3.63, 3.8) is 0 Å². The Balaban J connectivity index is 2.04. The Hall–Kier alpha value is -2.51. The fourth-order valence-electron chi connectivity index (χ4n) is 1.19. The van der Waals surface area contributed by atoms with Crippen molar-refractivity contribution in [2.24, 2.45) is 7.05 Å². The van der Waals surface area contributed by atoms with E-state index < -0.39 is 0 Å². The summed E-state index contributed by atoms with van der Waals surface area (Å²) in [6.07, 6.45) is 1.35. The molecule has 0 atom stereocenters. The summed E-state index contributed by atoms with van der Waals surface area (Å²) in [6, 6.07) is 2.66. The monoisotopic (exact) mass is 234 g/mol.